The van der Waals surface area contributed by atoms with Crippen molar-refractivity contribution in [2.45, 2.75) is 19.4 Å². The van der Waals surface area contributed by atoms with Crippen LogP contribution in [0, 0.1) is 0 Å². The van der Waals surface area contributed by atoms with E-state index in [-0.39, 0.29) is 12.5 Å². The summed E-state index contributed by atoms with van der Waals surface area (Å²) in [6.07, 6.45) is -0.0382. The molecule has 0 radical (unpaired) electrons. The van der Waals surface area contributed by atoms with Crippen LogP contribution in [-0.2, 0) is 11.2 Å². The molecular formula is C13H13BrN2O2S. The minimum absolute atomic E-state index is 0.0382. The molecule has 1 aromatic heterocycles. The number of benzene rings is 1. The highest BCUT2D eigenvalue weighted by atomic mass is 79.9. The van der Waals surface area contributed by atoms with E-state index >= 15 is 0 Å². The zero-order valence-electron chi connectivity index (χ0n) is 10.3. The number of nitrogens with one attached hydrogen (secondary N) is 1. The summed E-state index contributed by atoms with van der Waals surface area (Å²) in [5.74, 6) is -0.864. The molecule has 1 aromatic carbocycles. The number of carboxylic acids is 1. The van der Waals surface area contributed by atoms with Crippen molar-refractivity contribution in [3.05, 3.63) is 45.4 Å². The Hall–Kier alpha value is -1.40. The molecule has 0 fully saturated rings. The molecule has 0 saturated heterocycles. The smallest absolute Gasteiger partial charge is 0.309 e. The van der Waals surface area contributed by atoms with E-state index in [1.54, 1.807) is 5.38 Å². The van der Waals surface area contributed by atoms with Crippen molar-refractivity contribution in [3.63, 3.8) is 0 Å². The van der Waals surface area contributed by atoms with E-state index in [1.165, 1.54) is 11.3 Å². The van der Waals surface area contributed by atoms with Crippen LogP contribution in [0.2, 0.25) is 0 Å². The Morgan fingerprint density at radius 2 is 2.37 bits per heavy atom. The van der Waals surface area contributed by atoms with E-state index in [9.17, 15) is 4.79 Å². The third-order valence-electron chi connectivity index (χ3n) is 2.57. The first-order chi connectivity index (χ1) is 9.04. The van der Waals surface area contributed by atoms with Crippen molar-refractivity contribution in [1.82, 2.24) is 4.98 Å². The number of carboxylic acid groups (broad SMARTS) is 1. The fourth-order valence-electron chi connectivity index (χ4n) is 1.65. The molecule has 0 spiro atoms. The van der Waals surface area contributed by atoms with Crippen molar-refractivity contribution in [2.75, 3.05) is 5.32 Å². The molecule has 0 aliphatic heterocycles. The van der Waals surface area contributed by atoms with Crippen molar-refractivity contribution in [1.29, 1.82) is 0 Å². The molecule has 0 aliphatic carbocycles. The number of hydrogen-bond acceptors (Lipinski definition) is 4. The van der Waals surface area contributed by atoms with Crippen LogP contribution in [0.1, 0.15) is 24.2 Å². The highest BCUT2D eigenvalue weighted by Crippen LogP contribution is 2.24. The van der Waals surface area contributed by atoms with Gasteiger partial charge in [-0.15, -0.1) is 11.3 Å². The highest BCUT2D eigenvalue weighted by molar-refractivity contribution is 9.10. The van der Waals surface area contributed by atoms with Crippen LogP contribution < -0.4 is 5.32 Å². The summed E-state index contributed by atoms with van der Waals surface area (Å²) in [6, 6.07) is 8.15. The fraction of sp³-hybridized carbons (Fsp3) is 0.231. The predicted octanol–water partition coefficient (Wildman–Crippen LogP) is 3.71. The normalized spacial score (nSPS) is 12.1. The molecule has 0 aliphatic rings. The quantitative estimate of drug-likeness (QED) is 0.870. The summed E-state index contributed by atoms with van der Waals surface area (Å²) < 4.78 is 1.03. The van der Waals surface area contributed by atoms with E-state index in [0.717, 1.165) is 15.2 Å². The number of rotatable bonds is 5. The van der Waals surface area contributed by atoms with Crippen molar-refractivity contribution < 1.29 is 9.90 Å². The lowest BCUT2D eigenvalue weighted by molar-refractivity contribution is -0.136. The number of carbonyl (C=O) groups is 1. The minimum atomic E-state index is -0.864. The Bertz CT molecular complexity index is 586. The van der Waals surface area contributed by atoms with Gasteiger partial charge < -0.3 is 10.4 Å². The molecule has 0 saturated carbocycles. The van der Waals surface area contributed by atoms with Crippen LogP contribution in [0.5, 0.6) is 0 Å². The number of aromatic nitrogens is 1. The topological polar surface area (TPSA) is 62.2 Å². The molecule has 2 N–H and O–H groups in total. The van der Waals surface area contributed by atoms with Crippen LogP contribution in [0.4, 0.5) is 5.13 Å². The molecule has 4 nitrogen and oxygen atoms in total. The number of aliphatic carboxylic acids is 1. The van der Waals surface area contributed by atoms with Gasteiger partial charge in [-0.3, -0.25) is 4.79 Å². The minimum Gasteiger partial charge on any atom is -0.481 e. The van der Waals surface area contributed by atoms with E-state index in [1.807, 2.05) is 31.2 Å². The maximum Gasteiger partial charge on any atom is 0.309 e. The standard InChI is InChI=1S/C13H13BrN2O2S/c1-8(9-3-2-4-10(14)5-9)15-13-16-11(7-19-13)6-12(17)18/h2-5,7-8H,6H2,1H3,(H,15,16)(H,17,18). The van der Waals surface area contributed by atoms with Gasteiger partial charge in [-0.25, -0.2) is 4.98 Å². The van der Waals surface area contributed by atoms with Gasteiger partial charge in [-0.1, -0.05) is 28.1 Å². The number of thiazole rings is 1. The summed E-state index contributed by atoms with van der Waals surface area (Å²) in [6.45, 7) is 2.04. The molecule has 2 aromatic rings. The Kier molecular flexibility index (Phi) is 4.55. The van der Waals surface area contributed by atoms with E-state index in [0.29, 0.717) is 5.69 Å². The molecule has 19 heavy (non-hydrogen) atoms. The lowest BCUT2D eigenvalue weighted by Crippen LogP contribution is -2.07. The van der Waals surface area contributed by atoms with Gasteiger partial charge in [0, 0.05) is 9.85 Å². The Labute approximate surface area is 123 Å². The summed E-state index contributed by atoms with van der Waals surface area (Å²) >= 11 is 4.86. The van der Waals surface area contributed by atoms with E-state index < -0.39 is 5.97 Å². The van der Waals surface area contributed by atoms with Crippen LogP contribution in [0.3, 0.4) is 0 Å². The Morgan fingerprint density at radius 1 is 1.58 bits per heavy atom. The zero-order chi connectivity index (χ0) is 13.8. The third-order valence-corrected chi connectivity index (χ3v) is 3.89. The van der Waals surface area contributed by atoms with Gasteiger partial charge >= 0.3 is 5.97 Å². The molecule has 2 rings (SSSR count). The maximum atomic E-state index is 10.6. The van der Waals surface area contributed by atoms with Crippen molar-refractivity contribution >= 4 is 38.4 Å². The number of anilines is 1. The van der Waals surface area contributed by atoms with Crippen molar-refractivity contribution in [2.24, 2.45) is 0 Å². The highest BCUT2D eigenvalue weighted by Gasteiger charge is 2.10. The molecule has 0 amide bonds. The van der Waals surface area contributed by atoms with E-state index in [2.05, 4.69) is 26.2 Å². The summed E-state index contributed by atoms with van der Waals surface area (Å²) in [7, 11) is 0. The van der Waals surface area contributed by atoms with Gasteiger partial charge in [0.2, 0.25) is 0 Å². The Balaban J connectivity index is 2.04. The van der Waals surface area contributed by atoms with Crippen LogP contribution in [0.25, 0.3) is 0 Å². The van der Waals surface area contributed by atoms with Crippen LogP contribution in [0.15, 0.2) is 34.1 Å². The first kappa shape index (κ1) is 14.0. The molecule has 100 valence electrons. The predicted molar refractivity (Wildman–Crippen MR) is 79.6 cm³/mol. The summed E-state index contributed by atoms with van der Waals surface area (Å²) in [4.78, 5) is 14.9. The average Bonchev–Trinajstić information content (AvgIpc) is 2.75. The second kappa shape index (κ2) is 6.16. The monoisotopic (exact) mass is 340 g/mol. The molecule has 1 unspecified atom stereocenters. The van der Waals surface area contributed by atoms with E-state index in [4.69, 9.17) is 5.11 Å². The van der Waals surface area contributed by atoms with Gasteiger partial charge in [0.15, 0.2) is 5.13 Å². The van der Waals surface area contributed by atoms with Crippen LogP contribution >= 0.6 is 27.3 Å². The molecule has 0 bridgehead atoms. The second-order valence-electron chi connectivity index (χ2n) is 4.14. The lowest BCUT2D eigenvalue weighted by atomic mass is 10.1. The second-order valence-corrected chi connectivity index (χ2v) is 5.91. The summed E-state index contributed by atoms with van der Waals surface area (Å²) in [5, 5.41) is 14.5. The summed E-state index contributed by atoms with van der Waals surface area (Å²) in [5.41, 5.74) is 1.73. The van der Waals surface area contributed by atoms with Crippen LogP contribution in [-0.4, -0.2) is 16.1 Å². The average molecular weight is 341 g/mol. The molecule has 1 atom stereocenters. The number of hydrogen-bond donors (Lipinski definition) is 2. The molecule has 1 heterocycles. The first-order valence-corrected chi connectivity index (χ1v) is 7.40. The first-order valence-electron chi connectivity index (χ1n) is 5.73. The van der Waals surface area contributed by atoms with Gasteiger partial charge in [-0.05, 0) is 24.6 Å². The fourth-order valence-corrected chi connectivity index (χ4v) is 2.87. The zero-order valence-corrected chi connectivity index (χ0v) is 12.7. The number of nitrogens with zero attached hydrogens (tertiary/aromatic N) is 1. The van der Waals surface area contributed by atoms with Gasteiger partial charge in [0.25, 0.3) is 0 Å². The molecule has 6 heteroatoms. The molecular weight excluding hydrogens is 328 g/mol. The van der Waals surface area contributed by atoms with Gasteiger partial charge in [0.1, 0.15) is 0 Å². The third kappa shape index (κ3) is 4.04. The lowest BCUT2D eigenvalue weighted by Gasteiger charge is -2.13. The number of halogens is 1. The van der Waals surface area contributed by atoms with Gasteiger partial charge in [-0.2, -0.15) is 0 Å². The largest absolute Gasteiger partial charge is 0.481 e. The SMILES string of the molecule is CC(Nc1nc(CC(=O)O)cs1)c1cccc(Br)c1. The van der Waals surface area contributed by atoms with Gasteiger partial charge in [0.05, 0.1) is 18.2 Å². The maximum absolute atomic E-state index is 10.6. The Morgan fingerprint density at radius 3 is 3.05 bits per heavy atom. The van der Waals surface area contributed by atoms with Crippen molar-refractivity contribution in [3.8, 4) is 0 Å².